The van der Waals surface area contributed by atoms with Crippen LogP contribution in [0.15, 0.2) is 73.1 Å². The fraction of sp³-hybridized carbons (Fsp3) is 0.0833. The van der Waals surface area contributed by atoms with Crippen molar-refractivity contribution in [2.75, 3.05) is 24.9 Å². The number of hydrogen-bond acceptors (Lipinski definition) is 8. The summed E-state index contributed by atoms with van der Waals surface area (Å²) < 4.78 is 11.0. The molecular weight excluding hydrogens is 422 g/mol. The summed E-state index contributed by atoms with van der Waals surface area (Å²) in [6.45, 7) is 0. The zero-order chi connectivity index (χ0) is 23.2. The first kappa shape index (κ1) is 21.6. The zero-order valence-corrected chi connectivity index (χ0v) is 17.9. The van der Waals surface area contributed by atoms with Crippen LogP contribution in [0.2, 0.25) is 0 Å². The quantitative estimate of drug-likeness (QED) is 0.355. The maximum Gasteiger partial charge on any atom is 0.341 e. The van der Waals surface area contributed by atoms with Crippen LogP contribution >= 0.6 is 0 Å². The summed E-state index contributed by atoms with van der Waals surface area (Å²) in [5.74, 6) is 0.914. The van der Waals surface area contributed by atoms with Crippen LogP contribution in [0.4, 0.5) is 23.3 Å². The monoisotopic (exact) mass is 443 g/mol. The molecule has 9 heteroatoms. The van der Waals surface area contributed by atoms with Gasteiger partial charge in [-0.05, 0) is 35.9 Å². The minimum absolute atomic E-state index is 0.0876. The van der Waals surface area contributed by atoms with E-state index in [-0.39, 0.29) is 17.3 Å². The molecule has 4 aromatic rings. The highest BCUT2D eigenvalue weighted by Gasteiger charge is 2.18. The fourth-order valence-electron chi connectivity index (χ4n) is 3.25. The summed E-state index contributed by atoms with van der Waals surface area (Å²) in [7, 11) is 3.16. The van der Waals surface area contributed by atoms with Gasteiger partial charge in [-0.25, -0.2) is 14.8 Å². The number of rotatable bonds is 8. The van der Waals surface area contributed by atoms with E-state index in [1.54, 1.807) is 38.6 Å². The lowest BCUT2D eigenvalue weighted by Crippen LogP contribution is -2.09. The number of nitrogens with one attached hydrogen (secondary N) is 2. The molecule has 9 nitrogen and oxygen atoms in total. The topological polar surface area (TPSA) is 118 Å². The smallest absolute Gasteiger partial charge is 0.341 e. The molecule has 0 atom stereocenters. The maximum absolute atomic E-state index is 11.8. The summed E-state index contributed by atoms with van der Waals surface area (Å²) in [5.41, 5.74) is 2.14. The van der Waals surface area contributed by atoms with Gasteiger partial charge in [-0.3, -0.25) is 0 Å². The van der Waals surface area contributed by atoms with Crippen LogP contribution in [0.25, 0.3) is 11.1 Å². The molecule has 0 unspecified atom stereocenters. The number of carbonyl (C=O) groups is 1. The van der Waals surface area contributed by atoms with E-state index in [2.05, 4.69) is 25.6 Å². The van der Waals surface area contributed by atoms with E-state index in [0.29, 0.717) is 23.0 Å². The highest BCUT2D eigenvalue weighted by atomic mass is 16.5. The Morgan fingerprint density at radius 3 is 2.52 bits per heavy atom. The van der Waals surface area contributed by atoms with Gasteiger partial charge in [-0.2, -0.15) is 4.98 Å². The molecule has 0 saturated heterocycles. The van der Waals surface area contributed by atoms with Crippen LogP contribution in [0, 0.1) is 0 Å². The van der Waals surface area contributed by atoms with Gasteiger partial charge in [0.25, 0.3) is 0 Å². The number of ether oxygens (including phenoxy) is 2. The second-order valence-corrected chi connectivity index (χ2v) is 6.84. The molecule has 0 saturated carbocycles. The van der Waals surface area contributed by atoms with Crippen LogP contribution < -0.4 is 20.1 Å². The lowest BCUT2D eigenvalue weighted by Gasteiger charge is -2.16. The van der Waals surface area contributed by atoms with Gasteiger partial charge in [-0.1, -0.05) is 30.3 Å². The Kier molecular flexibility index (Phi) is 6.31. The summed E-state index contributed by atoms with van der Waals surface area (Å²) in [4.78, 5) is 24.4. The van der Waals surface area contributed by atoms with E-state index in [1.165, 1.54) is 6.20 Å². The Morgan fingerprint density at radius 1 is 0.939 bits per heavy atom. The lowest BCUT2D eigenvalue weighted by molar-refractivity contribution is 0.0697. The zero-order valence-electron chi connectivity index (χ0n) is 17.9. The lowest BCUT2D eigenvalue weighted by atomic mass is 10.0. The molecule has 166 valence electrons. The molecule has 4 rings (SSSR count). The van der Waals surface area contributed by atoms with Gasteiger partial charge in [0.05, 0.1) is 19.9 Å². The van der Waals surface area contributed by atoms with E-state index >= 15 is 0 Å². The molecule has 0 aliphatic heterocycles. The van der Waals surface area contributed by atoms with E-state index in [9.17, 15) is 9.90 Å². The molecule has 0 bridgehead atoms. The van der Waals surface area contributed by atoms with Crippen LogP contribution in [0.1, 0.15) is 10.4 Å². The first-order valence-corrected chi connectivity index (χ1v) is 9.96. The number of methoxy groups -OCH3 is 2. The van der Waals surface area contributed by atoms with Gasteiger partial charge in [0.2, 0.25) is 5.95 Å². The first-order chi connectivity index (χ1) is 16.1. The molecule has 2 aromatic carbocycles. The molecule has 3 N–H and O–H groups in total. The number of benzene rings is 2. The van der Waals surface area contributed by atoms with Gasteiger partial charge in [0.15, 0.2) is 5.82 Å². The third-order valence-electron chi connectivity index (χ3n) is 4.78. The van der Waals surface area contributed by atoms with E-state index in [0.717, 1.165) is 11.1 Å². The van der Waals surface area contributed by atoms with Gasteiger partial charge in [-0.15, -0.1) is 0 Å². The number of para-hydroxylation sites is 1. The SMILES string of the molecule is COc1cccc(-c2cccc(Nc3nc(Nc4ccccn4)ncc3C(=O)O)c2OC)c1. The Bertz CT molecular complexity index is 1280. The highest BCUT2D eigenvalue weighted by Crippen LogP contribution is 2.39. The van der Waals surface area contributed by atoms with Crippen molar-refractivity contribution in [3.8, 4) is 22.6 Å². The molecule has 0 spiro atoms. The van der Waals surface area contributed by atoms with E-state index in [1.807, 2.05) is 42.5 Å². The van der Waals surface area contributed by atoms with Crippen molar-refractivity contribution in [3.63, 3.8) is 0 Å². The van der Waals surface area contributed by atoms with Gasteiger partial charge in [0.1, 0.15) is 22.9 Å². The largest absolute Gasteiger partial charge is 0.497 e. The Labute approximate surface area is 190 Å². The standard InChI is InChI=1S/C24H21N5O4/c1-32-16-8-5-7-15(13-16)17-9-6-10-19(21(17)33-2)27-22-18(23(30)31)14-26-24(29-22)28-20-11-3-4-12-25-20/h3-14H,1-2H3,(H,30,31)(H2,25,26,27,28,29). The third kappa shape index (κ3) is 4.82. The van der Waals surface area contributed by atoms with Gasteiger partial charge in [0, 0.05) is 18.0 Å². The summed E-state index contributed by atoms with van der Waals surface area (Å²) in [6, 6.07) is 18.5. The molecule has 33 heavy (non-hydrogen) atoms. The van der Waals surface area contributed by atoms with E-state index < -0.39 is 5.97 Å². The van der Waals surface area contributed by atoms with Crippen molar-refractivity contribution in [3.05, 3.63) is 78.6 Å². The van der Waals surface area contributed by atoms with Crippen LogP contribution in [0.3, 0.4) is 0 Å². The summed E-state index contributed by atoms with van der Waals surface area (Å²) in [6.07, 6.45) is 2.86. The second kappa shape index (κ2) is 9.65. The third-order valence-corrected chi connectivity index (χ3v) is 4.78. The molecule has 0 aliphatic carbocycles. The molecule has 0 fully saturated rings. The second-order valence-electron chi connectivity index (χ2n) is 6.84. The summed E-state index contributed by atoms with van der Waals surface area (Å²) in [5, 5.41) is 15.7. The molecule has 2 heterocycles. The minimum Gasteiger partial charge on any atom is -0.497 e. The Morgan fingerprint density at radius 2 is 1.79 bits per heavy atom. The van der Waals surface area contributed by atoms with Crippen LogP contribution in [0.5, 0.6) is 11.5 Å². The predicted molar refractivity (Wildman–Crippen MR) is 125 cm³/mol. The number of pyridine rings is 1. The van der Waals surface area contributed by atoms with Crippen molar-refractivity contribution in [1.82, 2.24) is 15.0 Å². The van der Waals surface area contributed by atoms with Crippen molar-refractivity contribution in [2.24, 2.45) is 0 Å². The number of aromatic nitrogens is 3. The summed E-state index contributed by atoms with van der Waals surface area (Å²) >= 11 is 0. The van der Waals surface area contributed by atoms with Gasteiger partial charge >= 0.3 is 5.97 Å². The molecular formula is C24H21N5O4. The van der Waals surface area contributed by atoms with Crippen LogP contribution in [-0.4, -0.2) is 40.2 Å². The Hall–Kier alpha value is -4.66. The average Bonchev–Trinajstić information content (AvgIpc) is 2.84. The van der Waals surface area contributed by atoms with E-state index in [4.69, 9.17) is 9.47 Å². The number of carboxylic acids is 1. The minimum atomic E-state index is -1.16. The van der Waals surface area contributed by atoms with Crippen molar-refractivity contribution in [1.29, 1.82) is 0 Å². The van der Waals surface area contributed by atoms with Gasteiger partial charge < -0.3 is 25.2 Å². The highest BCUT2D eigenvalue weighted by molar-refractivity contribution is 5.94. The number of hydrogen-bond donors (Lipinski definition) is 3. The fourth-order valence-corrected chi connectivity index (χ4v) is 3.25. The first-order valence-electron chi connectivity index (χ1n) is 9.96. The molecule has 0 aliphatic rings. The normalized spacial score (nSPS) is 10.4. The van der Waals surface area contributed by atoms with Crippen molar-refractivity contribution < 1.29 is 19.4 Å². The number of anilines is 4. The molecule has 2 aromatic heterocycles. The number of carboxylic acid groups (broad SMARTS) is 1. The van der Waals surface area contributed by atoms with Crippen molar-refractivity contribution >= 4 is 29.2 Å². The van der Waals surface area contributed by atoms with Crippen molar-refractivity contribution in [2.45, 2.75) is 0 Å². The number of aromatic carboxylic acids is 1. The average molecular weight is 443 g/mol. The van der Waals surface area contributed by atoms with Crippen LogP contribution in [-0.2, 0) is 0 Å². The Balaban J connectivity index is 1.73. The maximum atomic E-state index is 11.8. The predicted octanol–water partition coefficient (Wildman–Crippen LogP) is 4.74. The molecule has 0 amide bonds. The molecule has 0 radical (unpaired) electrons. The number of nitrogens with zero attached hydrogens (tertiary/aromatic N) is 3.